The molecule has 0 aliphatic rings. The summed E-state index contributed by atoms with van der Waals surface area (Å²) in [6.07, 6.45) is 2.73. The van der Waals surface area contributed by atoms with Gasteiger partial charge in [0.25, 0.3) is 0 Å². The summed E-state index contributed by atoms with van der Waals surface area (Å²) in [5, 5.41) is 19.6. The fourth-order valence-corrected chi connectivity index (χ4v) is 2.50. The van der Waals surface area contributed by atoms with Crippen LogP contribution in [0.1, 0.15) is 22.8 Å². The molecule has 2 N–H and O–H groups in total. The average Bonchev–Trinajstić information content (AvgIpc) is 2.53. The molecule has 0 saturated heterocycles. The van der Waals surface area contributed by atoms with E-state index in [0.717, 1.165) is 21.2 Å². The largest absolute Gasteiger partial charge is 0.497 e. The van der Waals surface area contributed by atoms with Gasteiger partial charge in [0.2, 0.25) is 0 Å². The highest BCUT2D eigenvalue weighted by Gasteiger charge is 2.10. The Morgan fingerprint density at radius 2 is 2.00 bits per heavy atom. The minimum absolute atomic E-state index is 0.0283. The van der Waals surface area contributed by atoms with Gasteiger partial charge in [-0.15, -0.1) is 0 Å². The molecule has 1 atom stereocenters. The first-order valence-corrected chi connectivity index (χ1v) is 7.33. The van der Waals surface area contributed by atoms with Gasteiger partial charge in [-0.25, -0.2) is 0 Å². The molecule has 0 radical (unpaired) electrons. The Bertz CT molecular complexity index is 638. The summed E-state index contributed by atoms with van der Waals surface area (Å²) >= 11 is 3.43. The molecular formula is C17H17BrO3. The van der Waals surface area contributed by atoms with E-state index in [1.165, 1.54) is 0 Å². The topological polar surface area (TPSA) is 49.7 Å². The Kier molecular flexibility index (Phi) is 5.56. The van der Waals surface area contributed by atoms with E-state index in [2.05, 4.69) is 15.9 Å². The molecule has 1 unspecified atom stereocenters. The molecule has 110 valence electrons. The average molecular weight is 349 g/mol. The summed E-state index contributed by atoms with van der Waals surface area (Å²) in [5.74, 6) is 0.691. The number of ether oxygens (including phenoxy) is 1. The van der Waals surface area contributed by atoms with Crippen molar-refractivity contribution in [1.82, 2.24) is 0 Å². The van der Waals surface area contributed by atoms with Gasteiger partial charge in [-0.2, -0.15) is 0 Å². The summed E-state index contributed by atoms with van der Waals surface area (Å²) in [6, 6.07) is 13.0. The second kappa shape index (κ2) is 7.41. The van der Waals surface area contributed by atoms with Crippen molar-refractivity contribution in [2.24, 2.45) is 0 Å². The van der Waals surface area contributed by atoms with E-state index in [9.17, 15) is 10.2 Å². The molecule has 4 heteroatoms. The van der Waals surface area contributed by atoms with Crippen LogP contribution in [-0.2, 0) is 6.61 Å². The molecular weight excluding hydrogens is 332 g/mol. The fourth-order valence-electron chi connectivity index (χ4n) is 2.01. The van der Waals surface area contributed by atoms with Crippen molar-refractivity contribution in [2.75, 3.05) is 7.11 Å². The highest BCUT2D eigenvalue weighted by Crippen LogP contribution is 2.29. The smallest absolute Gasteiger partial charge is 0.119 e. The number of hydrogen-bond donors (Lipinski definition) is 2. The normalized spacial score (nSPS) is 12.6. The molecule has 0 heterocycles. The third-order valence-corrected chi connectivity index (χ3v) is 3.93. The molecule has 3 nitrogen and oxygen atoms in total. The maximum Gasteiger partial charge on any atom is 0.119 e. The first-order chi connectivity index (χ1) is 10.2. The molecule has 0 aliphatic carbocycles. The van der Waals surface area contributed by atoms with Gasteiger partial charge >= 0.3 is 0 Å². The van der Waals surface area contributed by atoms with Gasteiger partial charge in [0.05, 0.1) is 19.8 Å². The zero-order valence-corrected chi connectivity index (χ0v) is 13.2. The third kappa shape index (κ3) is 3.94. The van der Waals surface area contributed by atoms with Gasteiger partial charge in [0, 0.05) is 10.0 Å². The van der Waals surface area contributed by atoms with E-state index < -0.39 is 6.10 Å². The Labute approximate surface area is 132 Å². The number of benzene rings is 2. The van der Waals surface area contributed by atoms with Crippen LogP contribution in [-0.4, -0.2) is 17.3 Å². The molecule has 0 spiro atoms. The number of methoxy groups -OCH3 is 1. The van der Waals surface area contributed by atoms with E-state index in [1.807, 2.05) is 42.5 Å². The standard InChI is InChI=1S/C17H17BrO3/c1-21-14-7-8-16(18)15(10-14)17(20)9-6-12-4-2-3-5-13(12)11-19/h2-10,17,19-20H,11H2,1H3/b9-6+. The summed E-state index contributed by atoms with van der Waals surface area (Å²) in [7, 11) is 1.59. The van der Waals surface area contributed by atoms with E-state index in [-0.39, 0.29) is 6.61 Å². The molecule has 0 bridgehead atoms. The van der Waals surface area contributed by atoms with E-state index in [4.69, 9.17) is 4.74 Å². The zero-order chi connectivity index (χ0) is 15.2. The number of halogens is 1. The fraction of sp³-hybridized carbons (Fsp3) is 0.176. The van der Waals surface area contributed by atoms with Gasteiger partial charge in [0.1, 0.15) is 5.75 Å². The highest BCUT2D eigenvalue weighted by molar-refractivity contribution is 9.10. The van der Waals surface area contributed by atoms with Crippen LogP contribution in [0.5, 0.6) is 5.75 Å². The molecule has 0 saturated carbocycles. The number of aliphatic hydroxyl groups is 2. The van der Waals surface area contributed by atoms with Crippen molar-refractivity contribution in [3.8, 4) is 5.75 Å². The summed E-state index contributed by atoms with van der Waals surface area (Å²) < 4.78 is 5.99. The number of aliphatic hydroxyl groups excluding tert-OH is 2. The lowest BCUT2D eigenvalue weighted by atomic mass is 10.0. The minimum Gasteiger partial charge on any atom is -0.497 e. The Hall–Kier alpha value is -1.62. The van der Waals surface area contributed by atoms with Crippen LogP contribution in [0, 0.1) is 0 Å². The minimum atomic E-state index is -0.763. The maximum atomic E-state index is 10.3. The third-order valence-electron chi connectivity index (χ3n) is 3.21. The lowest BCUT2D eigenvalue weighted by Gasteiger charge is -2.11. The second-order valence-corrected chi connectivity index (χ2v) is 5.40. The monoisotopic (exact) mass is 348 g/mol. The SMILES string of the molecule is COc1ccc(Br)c(C(O)/C=C/c2ccccc2CO)c1. The van der Waals surface area contributed by atoms with Gasteiger partial charge in [0.15, 0.2) is 0 Å². The van der Waals surface area contributed by atoms with E-state index in [1.54, 1.807) is 19.3 Å². The molecule has 0 aliphatic heterocycles. The van der Waals surface area contributed by atoms with Crippen LogP contribution < -0.4 is 4.74 Å². The maximum absolute atomic E-state index is 10.3. The van der Waals surface area contributed by atoms with Gasteiger partial charge in [-0.1, -0.05) is 52.3 Å². The predicted molar refractivity (Wildman–Crippen MR) is 87.1 cm³/mol. The molecule has 0 amide bonds. The van der Waals surface area contributed by atoms with Crippen molar-refractivity contribution in [2.45, 2.75) is 12.7 Å². The lowest BCUT2D eigenvalue weighted by molar-refractivity contribution is 0.228. The summed E-state index contributed by atoms with van der Waals surface area (Å²) in [4.78, 5) is 0. The Morgan fingerprint density at radius 3 is 2.71 bits per heavy atom. The van der Waals surface area contributed by atoms with Crippen LogP contribution in [0.15, 0.2) is 53.0 Å². The van der Waals surface area contributed by atoms with E-state index in [0.29, 0.717) is 5.75 Å². The second-order valence-electron chi connectivity index (χ2n) is 4.55. The summed E-state index contributed by atoms with van der Waals surface area (Å²) in [5.41, 5.74) is 2.44. The Balaban J connectivity index is 2.25. The quantitative estimate of drug-likeness (QED) is 0.866. The van der Waals surface area contributed by atoms with Crippen LogP contribution in [0.4, 0.5) is 0 Å². The van der Waals surface area contributed by atoms with Crippen LogP contribution >= 0.6 is 15.9 Å². The van der Waals surface area contributed by atoms with Crippen molar-refractivity contribution >= 4 is 22.0 Å². The van der Waals surface area contributed by atoms with Crippen molar-refractivity contribution in [1.29, 1.82) is 0 Å². The molecule has 0 aromatic heterocycles. The zero-order valence-electron chi connectivity index (χ0n) is 11.7. The lowest BCUT2D eigenvalue weighted by Crippen LogP contribution is -1.96. The van der Waals surface area contributed by atoms with Crippen LogP contribution in [0.25, 0.3) is 6.08 Å². The van der Waals surface area contributed by atoms with Gasteiger partial charge < -0.3 is 14.9 Å². The highest BCUT2D eigenvalue weighted by atomic mass is 79.9. The molecule has 2 rings (SSSR count). The van der Waals surface area contributed by atoms with Crippen LogP contribution in [0.2, 0.25) is 0 Å². The van der Waals surface area contributed by atoms with Crippen molar-refractivity contribution < 1.29 is 14.9 Å². The van der Waals surface area contributed by atoms with Crippen molar-refractivity contribution in [3.05, 3.63) is 69.7 Å². The molecule has 2 aromatic rings. The number of rotatable bonds is 5. The predicted octanol–water partition coefficient (Wildman–Crippen LogP) is 3.70. The number of hydrogen-bond acceptors (Lipinski definition) is 3. The van der Waals surface area contributed by atoms with Gasteiger partial charge in [-0.05, 0) is 29.3 Å². The summed E-state index contributed by atoms with van der Waals surface area (Å²) in [6.45, 7) is -0.0283. The molecule has 0 fully saturated rings. The van der Waals surface area contributed by atoms with E-state index >= 15 is 0 Å². The molecule has 2 aromatic carbocycles. The van der Waals surface area contributed by atoms with Gasteiger partial charge in [-0.3, -0.25) is 0 Å². The van der Waals surface area contributed by atoms with Crippen LogP contribution in [0.3, 0.4) is 0 Å². The first-order valence-electron chi connectivity index (χ1n) is 6.54. The first kappa shape index (κ1) is 15.8. The Morgan fingerprint density at radius 1 is 1.24 bits per heavy atom. The molecule has 21 heavy (non-hydrogen) atoms. The van der Waals surface area contributed by atoms with Crippen molar-refractivity contribution in [3.63, 3.8) is 0 Å².